The molecule has 0 aromatic carbocycles. The fourth-order valence-electron chi connectivity index (χ4n) is 0.455. The quantitative estimate of drug-likeness (QED) is 0.228. The lowest BCUT2D eigenvalue weighted by molar-refractivity contribution is 0.319. The third kappa shape index (κ3) is 1.16. The summed E-state index contributed by atoms with van der Waals surface area (Å²) < 4.78 is 0. The molecule has 0 atom stereocenters. The molecular weight excluding hydrogens is 152 g/mol. The van der Waals surface area contributed by atoms with Gasteiger partial charge in [0.05, 0.1) is 11.1 Å². The molecule has 1 aromatic heterocycles. The molecule has 6 heteroatoms. The van der Waals surface area contributed by atoms with Gasteiger partial charge >= 0.3 is 0 Å². The van der Waals surface area contributed by atoms with Crippen LogP contribution in [-0.4, -0.2) is 16.0 Å². The van der Waals surface area contributed by atoms with Crippen molar-refractivity contribution in [2.24, 2.45) is 10.9 Å². The van der Waals surface area contributed by atoms with Crippen molar-refractivity contribution in [3.05, 3.63) is 11.1 Å². The van der Waals surface area contributed by atoms with E-state index in [4.69, 9.17) is 16.7 Å². The van der Waals surface area contributed by atoms with Gasteiger partial charge < -0.3 is 16.7 Å². The van der Waals surface area contributed by atoms with E-state index < -0.39 is 0 Å². The number of rotatable bonds is 1. The maximum atomic E-state index is 8.20. The van der Waals surface area contributed by atoms with E-state index in [9.17, 15) is 0 Å². The number of nitrogens with two attached hydrogens (primary N) is 2. The first kappa shape index (κ1) is 6.81. The summed E-state index contributed by atoms with van der Waals surface area (Å²) in [7, 11) is 0. The zero-order valence-electron chi connectivity index (χ0n) is 4.98. The Labute approximate surface area is 61.0 Å². The molecule has 0 saturated heterocycles. The van der Waals surface area contributed by atoms with E-state index in [0.29, 0.717) is 10.0 Å². The van der Waals surface area contributed by atoms with E-state index in [1.165, 1.54) is 17.5 Å². The highest BCUT2D eigenvalue weighted by molar-refractivity contribution is 7.17. The summed E-state index contributed by atoms with van der Waals surface area (Å²) in [6.07, 6.45) is 1.45. The summed E-state index contributed by atoms with van der Waals surface area (Å²) in [4.78, 5) is 4.28. The van der Waals surface area contributed by atoms with Gasteiger partial charge in [-0.3, -0.25) is 0 Å². The molecule has 0 amide bonds. The Morgan fingerprint density at radius 2 is 2.50 bits per heavy atom. The van der Waals surface area contributed by atoms with Gasteiger partial charge in [-0.1, -0.05) is 16.5 Å². The fourth-order valence-corrected chi connectivity index (χ4v) is 1.04. The van der Waals surface area contributed by atoms with Gasteiger partial charge in [0.2, 0.25) is 0 Å². The van der Waals surface area contributed by atoms with Gasteiger partial charge in [-0.05, 0) is 0 Å². The van der Waals surface area contributed by atoms with E-state index >= 15 is 0 Å². The predicted octanol–water partition coefficient (Wildman–Crippen LogP) is -0.180. The minimum absolute atomic E-state index is 0.0363. The standard InChI is InChI=1S/C4H6N4OS/c5-3(8-9)2-1-7-4(6)10-2/h1,9H,(H2,5,8)(H2,6,7). The molecule has 0 spiro atoms. The van der Waals surface area contributed by atoms with Crippen LogP contribution in [0.25, 0.3) is 0 Å². The summed E-state index contributed by atoms with van der Waals surface area (Å²) in [5.41, 5.74) is 10.5. The predicted molar refractivity (Wildman–Crippen MR) is 39.0 cm³/mol. The minimum Gasteiger partial charge on any atom is -0.409 e. The van der Waals surface area contributed by atoms with Crippen molar-refractivity contribution in [1.82, 2.24) is 4.98 Å². The Kier molecular flexibility index (Phi) is 1.72. The number of nitrogen functional groups attached to an aromatic ring is 1. The van der Waals surface area contributed by atoms with Crippen molar-refractivity contribution in [3.63, 3.8) is 0 Å². The van der Waals surface area contributed by atoms with Crippen LogP contribution < -0.4 is 11.5 Å². The zero-order valence-corrected chi connectivity index (χ0v) is 5.80. The SMILES string of the molecule is NC(=NO)c1cnc(N)s1. The molecule has 10 heavy (non-hydrogen) atoms. The van der Waals surface area contributed by atoms with Crippen molar-refractivity contribution in [2.45, 2.75) is 0 Å². The lowest BCUT2D eigenvalue weighted by Crippen LogP contribution is -2.10. The summed E-state index contributed by atoms with van der Waals surface area (Å²) in [5.74, 6) is 0.0363. The summed E-state index contributed by atoms with van der Waals surface area (Å²) in [6, 6.07) is 0. The van der Waals surface area contributed by atoms with Gasteiger partial charge in [0.25, 0.3) is 0 Å². The van der Waals surface area contributed by atoms with Crippen LogP contribution in [0.15, 0.2) is 11.4 Å². The highest BCUT2D eigenvalue weighted by Gasteiger charge is 2.01. The highest BCUT2D eigenvalue weighted by Crippen LogP contribution is 2.13. The molecule has 0 aliphatic heterocycles. The molecule has 5 N–H and O–H groups in total. The average Bonchev–Trinajstić information content (AvgIpc) is 2.34. The smallest absolute Gasteiger partial charge is 0.181 e. The van der Waals surface area contributed by atoms with Gasteiger partial charge in [0.1, 0.15) is 0 Å². The summed E-state index contributed by atoms with van der Waals surface area (Å²) >= 11 is 1.17. The molecule has 1 rings (SSSR count). The van der Waals surface area contributed by atoms with Gasteiger partial charge in [-0.15, -0.1) is 0 Å². The molecule has 0 aliphatic rings. The van der Waals surface area contributed by atoms with Gasteiger partial charge in [-0.25, -0.2) is 4.98 Å². The topological polar surface area (TPSA) is 97.5 Å². The molecule has 0 radical (unpaired) electrons. The molecule has 0 unspecified atom stereocenters. The van der Waals surface area contributed by atoms with Gasteiger partial charge in [-0.2, -0.15) is 0 Å². The molecule has 1 heterocycles. The van der Waals surface area contributed by atoms with Crippen LogP contribution in [-0.2, 0) is 0 Å². The monoisotopic (exact) mass is 158 g/mol. The normalized spacial score (nSPS) is 11.8. The Bertz CT molecular complexity index is 256. The van der Waals surface area contributed by atoms with Crippen molar-refractivity contribution in [1.29, 1.82) is 0 Å². The third-order valence-corrected chi connectivity index (χ3v) is 1.73. The largest absolute Gasteiger partial charge is 0.409 e. The number of oxime groups is 1. The van der Waals surface area contributed by atoms with Gasteiger partial charge in [0, 0.05) is 0 Å². The molecule has 54 valence electrons. The first-order valence-electron chi connectivity index (χ1n) is 2.43. The molecular formula is C4H6N4OS. The average molecular weight is 158 g/mol. The number of thiazole rings is 1. The van der Waals surface area contributed by atoms with Crippen LogP contribution in [0.3, 0.4) is 0 Å². The maximum absolute atomic E-state index is 8.20. The maximum Gasteiger partial charge on any atom is 0.181 e. The molecule has 0 bridgehead atoms. The Morgan fingerprint density at radius 3 is 2.90 bits per heavy atom. The molecule has 5 nitrogen and oxygen atoms in total. The van der Waals surface area contributed by atoms with Crippen LogP contribution in [0.4, 0.5) is 5.13 Å². The lowest BCUT2D eigenvalue weighted by Gasteiger charge is -1.86. The molecule has 0 fully saturated rings. The number of hydrogen-bond acceptors (Lipinski definition) is 5. The van der Waals surface area contributed by atoms with E-state index in [0.717, 1.165) is 0 Å². The molecule has 0 aliphatic carbocycles. The molecule has 1 aromatic rings. The number of hydrogen-bond donors (Lipinski definition) is 3. The second-order valence-corrected chi connectivity index (χ2v) is 2.61. The Balaban J connectivity index is 2.95. The second-order valence-electron chi connectivity index (χ2n) is 1.55. The van der Waals surface area contributed by atoms with E-state index in [1.807, 2.05) is 0 Å². The number of aromatic nitrogens is 1. The van der Waals surface area contributed by atoms with Crippen LogP contribution in [0, 0.1) is 0 Å². The van der Waals surface area contributed by atoms with Gasteiger partial charge in [0.15, 0.2) is 11.0 Å². The van der Waals surface area contributed by atoms with Crippen LogP contribution in [0.5, 0.6) is 0 Å². The lowest BCUT2D eigenvalue weighted by atomic mass is 10.5. The number of nitrogens with zero attached hydrogens (tertiary/aromatic N) is 2. The van der Waals surface area contributed by atoms with Crippen LogP contribution in [0.2, 0.25) is 0 Å². The van der Waals surface area contributed by atoms with Crippen LogP contribution >= 0.6 is 11.3 Å². The van der Waals surface area contributed by atoms with Crippen molar-refractivity contribution < 1.29 is 5.21 Å². The highest BCUT2D eigenvalue weighted by atomic mass is 32.1. The van der Waals surface area contributed by atoms with E-state index in [1.54, 1.807) is 0 Å². The first-order chi connectivity index (χ1) is 4.74. The number of amidine groups is 1. The van der Waals surface area contributed by atoms with E-state index in [-0.39, 0.29) is 5.84 Å². The number of anilines is 1. The summed E-state index contributed by atoms with van der Waals surface area (Å²) in [6.45, 7) is 0. The first-order valence-corrected chi connectivity index (χ1v) is 3.25. The summed E-state index contributed by atoms with van der Waals surface area (Å²) in [5, 5.41) is 11.4. The Hall–Kier alpha value is -1.30. The third-order valence-electron chi connectivity index (χ3n) is 0.884. The fraction of sp³-hybridized carbons (Fsp3) is 0. The van der Waals surface area contributed by atoms with Crippen molar-refractivity contribution in [2.75, 3.05) is 5.73 Å². The second kappa shape index (κ2) is 2.53. The van der Waals surface area contributed by atoms with Crippen LogP contribution in [0.1, 0.15) is 4.88 Å². The minimum atomic E-state index is 0.0363. The van der Waals surface area contributed by atoms with E-state index in [2.05, 4.69) is 10.1 Å². The molecule has 0 saturated carbocycles. The zero-order chi connectivity index (χ0) is 7.56. The Morgan fingerprint density at radius 1 is 1.80 bits per heavy atom. The van der Waals surface area contributed by atoms with Crippen molar-refractivity contribution >= 4 is 22.3 Å². The van der Waals surface area contributed by atoms with Crippen molar-refractivity contribution in [3.8, 4) is 0 Å².